The second-order valence-corrected chi connectivity index (χ2v) is 8.03. The maximum atomic E-state index is 12.4. The highest BCUT2D eigenvalue weighted by atomic mass is 32.2. The molecule has 0 atom stereocenters. The van der Waals surface area contributed by atoms with Gasteiger partial charge in [0.15, 0.2) is 5.75 Å². The molecule has 0 saturated carbocycles. The molecule has 0 radical (unpaired) electrons. The van der Waals surface area contributed by atoms with Crippen LogP contribution in [0, 0.1) is 0 Å². The van der Waals surface area contributed by atoms with Gasteiger partial charge in [-0.1, -0.05) is 41.7 Å². The number of amides is 1. The Bertz CT molecular complexity index is 1100. The van der Waals surface area contributed by atoms with Crippen molar-refractivity contribution >= 4 is 38.7 Å². The zero-order chi connectivity index (χ0) is 20.0. The van der Waals surface area contributed by atoms with Crippen molar-refractivity contribution in [2.75, 3.05) is 5.73 Å². The van der Waals surface area contributed by atoms with Gasteiger partial charge in [0.1, 0.15) is 9.90 Å². The lowest BCUT2D eigenvalue weighted by molar-refractivity contribution is -0.120. The highest BCUT2D eigenvalue weighted by Crippen LogP contribution is 2.21. The molecule has 2 aromatic carbocycles. The molecule has 0 bridgehead atoms. The van der Waals surface area contributed by atoms with Crippen molar-refractivity contribution in [3.8, 4) is 5.75 Å². The Morgan fingerprint density at radius 1 is 1.14 bits per heavy atom. The van der Waals surface area contributed by atoms with Crippen LogP contribution in [0.25, 0.3) is 0 Å². The van der Waals surface area contributed by atoms with Crippen LogP contribution in [0.2, 0.25) is 0 Å². The third kappa shape index (κ3) is 5.11. The van der Waals surface area contributed by atoms with E-state index in [2.05, 4.69) is 20.7 Å². The van der Waals surface area contributed by atoms with Crippen molar-refractivity contribution in [1.82, 2.24) is 15.6 Å². The zero-order valence-corrected chi connectivity index (χ0v) is 16.0. The highest BCUT2D eigenvalue weighted by Gasteiger charge is 2.17. The molecule has 144 valence electrons. The van der Waals surface area contributed by atoms with Crippen LogP contribution in [0.1, 0.15) is 10.6 Å². The molecule has 3 rings (SSSR count). The Kier molecular flexibility index (Phi) is 5.96. The predicted molar refractivity (Wildman–Crippen MR) is 104 cm³/mol. The Morgan fingerprint density at radius 3 is 2.57 bits per heavy atom. The minimum atomic E-state index is -3.99. The molecule has 0 fully saturated rings. The van der Waals surface area contributed by atoms with Crippen LogP contribution in [0.15, 0.2) is 64.6 Å². The van der Waals surface area contributed by atoms with Crippen LogP contribution in [-0.4, -0.2) is 30.7 Å². The van der Waals surface area contributed by atoms with Crippen LogP contribution >= 0.6 is 11.3 Å². The smallest absolute Gasteiger partial charge is 0.339 e. The number of hydrazone groups is 1. The minimum Gasteiger partial charge on any atom is -0.378 e. The quantitative estimate of drug-likeness (QED) is 0.338. The van der Waals surface area contributed by atoms with Gasteiger partial charge in [0.25, 0.3) is 0 Å². The van der Waals surface area contributed by atoms with Crippen molar-refractivity contribution in [1.29, 1.82) is 0 Å². The molecule has 1 heterocycles. The van der Waals surface area contributed by atoms with Crippen LogP contribution < -0.4 is 15.3 Å². The molecule has 28 heavy (non-hydrogen) atoms. The molecule has 0 saturated heterocycles. The number of para-hydroxylation sites is 1. The lowest BCUT2D eigenvalue weighted by atomic mass is 10.2. The summed E-state index contributed by atoms with van der Waals surface area (Å²) in [7, 11) is -3.99. The molecule has 0 aliphatic carbocycles. The summed E-state index contributed by atoms with van der Waals surface area (Å²) in [6.07, 6.45) is 1.27. The predicted octanol–water partition coefficient (Wildman–Crippen LogP) is 1.58. The molecule has 1 aromatic heterocycles. The SMILES string of the molecule is Nc1nnc(CC(=O)NN=Cc2ccccc2OS(=O)(=O)c2ccccc2)s1. The fourth-order valence-electron chi connectivity index (χ4n) is 2.11. The maximum Gasteiger partial charge on any atom is 0.339 e. The first-order valence-electron chi connectivity index (χ1n) is 7.92. The summed E-state index contributed by atoms with van der Waals surface area (Å²) in [5, 5.41) is 11.9. The average Bonchev–Trinajstić information content (AvgIpc) is 3.08. The fourth-order valence-corrected chi connectivity index (χ4v) is 3.69. The average molecular weight is 417 g/mol. The van der Waals surface area contributed by atoms with Crippen molar-refractivity contribution in [2.24, 2.45) is 5.10 Å². The molecule has 11 heteroatoms. The number of rotatable bonds is 7. The molecule has 3 aromatic rings. The zero-order valence-electron chi connectivity index (χ0n) is 14.3. The number of nitrogen functional groups attached to an aromatic ring is 1. The largest absolute Gasteiger partial charge is 0.378 e. The summed E-state index contributed by atoms with van der Waals surface area (Å²) in [5.74, 6) is -0.330. The number of aromatic nitrogens is 2. The number of hydrogen-bond acceptors (Lipinski definition) is 9. The summed E-state index contributed by atoms with van der Waals surface area (Å²) in [6.45, 7) is 0. The first-order valence-corrected chi connectivity index (χ1v) is 10.1. The maximum absolute atomic E-state index is 12.4. The van der Waals surface area contributed by atoms with Crippen LogP contribution in [0.5, 0.6) is 5.75 Å². The van der Waals surface area contributed by atoms with E-state index in [1.54, 1.807) is 36.4 Å². The number of carbonyl (C=O) groups is 1. The molecule has 3 N–H and O–H groups in total. The number of nitrogens with two attached hydrogens (primary N) is 1. The van der Waals surface area contributed by atoms with Gasteiger partial charge in [-0.3, -0.25) is 4.79 Å². The fraction of sp³-hybridized carbons (Fsp3) is 0.0588. The van der Waals surface area contributed by atoms with Crippen LogP contribution in [0.4, 0.5) is 5.13 Å². The van der Waals surface area contributed by atoms with Gasteiger partial charge in [-0.25, -0.2) is 5.43 Å². The third-order valence-corrected chi connectivity index (χ3v) is 5.34. The molecular weight excluding hydrogens is 402 g/mol. The first kappa shape index (κ1) is 19.5. The van der Waals surface area contributed by atoms with E-state index in [4.69, 9.17) is 9.92 Å². The Morgan fingerprint density at radius 2 is 1.86 bits per heavy atom. The van der Waals surface area contributed by atoms with Gasteiger partial charge in [0.05, 0.1) is 12.6 Å². The third-order valence-electron chi connectivity index (χ3n) is 3.34. The van der Waals surface area contributed by atoms with Crippen molar-refractivity contribution in [3.05, 3.63) is 65.2 Å². The molecule has 1 amide bonds. The van der Waals surface area contributed by atoms with Crippen LogP contribution in [0.3, 0.4) is 0 Å². The Balaban J connectivity index is 1.68. The van der Waals surface area contributed by atoms with Gasteiger partial charge in [0, 0.05) is 5.56 Å². The van der Waals surface area contributed by atoms with Crippen molar-refractivity contribution in [2.45, 2.75) is 11.3 Å². The standard InChI is InChI=1S/C17H15N5O4S2/c18-17-22-21-16(27-17)10-15(23)20-19-11-12-6-4-5-9-14(12)26-28(24,25)13-7-2-1-3-8-13/h1-9,11H,10H2,(H2,18,22)(H,20,23). The monoisotopic (exact) mass is 417 g/mol. The lowest BCUT2D eigenvalue weighted by Gasteiger charge is -2.09. The molecular formula is C17H15N5O4S2. The van der Waals surface area contributed by atoms with E-state index in [1.165, 1.54) is 24.4 Å². The van der Waals surface area contributed by atoms with E-state index in [0.29, 0.717) is 10.6 Å². The van der Waals surface area contributed by atoms with Gasteiger partial charge in [-0.2, -0.15) is 13.5 Å². The minimum absolute atomic E-state index is 0.0211. The van der Waals surface area contributed by atoms with E-state index in [0.717, 1.165) is 11.3 Å². The molecule has 0 aliphatic rings. The van der Waals surface area contributed by atoms with E-state index in [9.17, 15) is 13.2 Å². The van der Waals surface area contributed by atoms with Crippen molar-refractivity contribution in [3.63, 3.8) is 0 Å². The number of carbonyl (C=O) groups excluding carboxylic acids is 1. The van der Waals surface area contributed by atoms with Gasteiger partial charge < -0.3 is 9.92 Å². The normalized spacial score (nSPS) is 11.4. The van der Waals surface area contributed by atoms with E-state index < -0.39 is 16.0 Å². The Labute approximate surface area is 165 Å². The lowest BCUT2D eigenvalue weighted by Crippen LogP contribution is -2.19. The summed E-state index contributed by atoms with van der Waals surface area (Å²) >= 11 is 1.11. The number of hydrogen-bond donors (Lipinski definition) is 2. The second kappa shape index (κ2) is 8.59. The highest BCUT2D eigenvalue weighted by molar-refractivity contribution is 7.87. The Hall–Kier alpha value is -3.31. The van der Waals surface area contributed by atoms with Gasteiger partial charge in [0.2, 0.25) is 11.0 Å². The number of nitrogens with one attached hydrogen (secondary N) is 1. The first-order chi connectivity index (χ1) is 13.4. The van der Waals surface area contributed by atoms with Crippen LogP contribution in [-0.2, 0) is 21.3 Å². The van der Waals surface area contributed by atoms with Gasteiger partial charge in [-0.15, -0.1) is 10.2 Å². The van der Waals surface area contributed by atoms with E-state index in [1.807, 2.05) is 0 Å². The van der Waals surface area contributed by atoms with E-state index in [-0.39, 0.29) is 22.2 Å². The molecule has 0 spiro atoms. The topological polar surface area (TPSA) is 137 Å². The molecule has 0 unspecified atom stereocenters. The second-order valence-electron chi connectivity index (χ2n) is 5.39. The summed E-state index contributed by atoms with van der Waals surface area (Å²) in [5.41, 5.74) is 8.17. The summed E-state index contributed by atoms with van der Waals surface area (Å²) in [6, 6.07) is 14.2. The van der Waals surface area contributed by atoms with Gasteiger partial charge >= 0.3 is 10.1 Å². The number of nitrogens with zero attached hydrogens (tertiary/aromatic N) is 3. The van der Waals surface area contributed by atoms with Crippen molar-refractivity contribution < 1.29 is 17.4 Å². The summed E-state index contributed by atoms with van der Waals surface area (Å²) in [4.78, 5) is 11.9. The summed E-state index contributed by atoms with van der Waals surface area (Å²) < 4.78 is 30.0. The molecule has 9 nitrogen and oxygen atoms in total. The number of benzene rings is 2. The molecule has 0 aliphatic heterocycles. The van der Waals surface area contributed by atoms with Gasteiger partial charge in [-0.05, 0) is 24.3 Å². The number of anilines is 1. The van der Waals surface area contributed by atoms with E-state index >= 15 is 0 Å².